The number of nitrogens with one attached hydrogen (secondary N) is 1. The summed E-state index contributed by atoms with van der Waals surface area (Å²) in [6.07, 6.45) is 4.99. The van der Waals surface area contributed by atoms with Crippen LogP contribution in [0.1, 0.15) is 28.9 Å². The van der Waals surface area contributed by atoms with Crippen molar-refractivity contribution in [2.45, 2.75) is 19.5 Å². The van der Waals surface area contributed by atoms with Crippen molar-refractivity contribution in [1.82, 2.24) is 24.3 Å². The number of anilines is 2. The molecule has 0 bridgehead atoms. The largest absolute Gasteiger partial charge is 0.487 e. The number of ether oxygens (including phenoxy) is 1. The molecule has 2 N–H and O–H groups in total. The van der Waals surface area contributed by atoms with Crippen LogP contribution in [-0.4, -0.2) is 95.4 Å². The van der Waals surface area contributed by atoms with Crippen LogP contribution in [0.3, 0.4) is 0 Å². The molecule has 5 rings (SSSR count). The summed E-state index contributed by atoms with van der Waals surface area (Å²) in [6, 6.07) is 0.953. The normalized spacial score (nSPS) is 17.6. The number of hydrogen-bond donors (Lipinski definition) is 2. The van der Waals surface area contributed by atoms with Crippen LogP contribution in [-0.2, 0) is 6.54 Å². The standard InChI is InChI=1S/C26H32FN7O4/c1-16-15-38-24-21-18(23(35)19(25(36)37)14-34(16)21)10-20(27)22(24)33-8-6-32(7-9-33)13-17-11-29-26(30-12-17)28-4-5-31(2)3/h10-12,14,16H,4-9,13,15H2,1-3H3,(H,36,37)(H,28,29,30)/t16-/m0/s1. The number of aromatic nitrogens is 3. The second-order valence-corrected chi connectivity index (χ2v) is 10.1. The first-order valence-electron chi connectivity index (χ1n) is 12.7. The van der Waals surface area contributed by atoms with Gasteiger partial charge < -0.3 is 29.5 Å². The third-order valence-corrected chi connectivity index (χ3v) is 7.01. The Kier molecular flexibility index (Phi) is 7.17. The van der Waals surface area contributed by atoms with Gasteiger partial charge in [-0.15, -0.1) is 0 Å². The topological polar surface area (TPSA) is 116 Å². The van der Waals surface area contributed by atoms with Crippen molar-refractivity contribution in [2.24, 2.45) is 0 Å². The van der Waals surface area contributed by atoms with E-state index in [0.717, 1.165) is 24.7 Å². The van der Waals surface area contributed by atoms with Crippen LogP contribution in [0.25, 0.3) is 10.9 Å². The van der Waals surface area contributed by atoms with Gasteiger partial charge in [-0.1, -0.05) is 0 Å². The molecular formula is C26H32FN7O4. The number of aromatic carboxylic acids is 1. The monoisotopic (exact) mass is 525 g/mol. The number of rotatable bonds is 8. The minimum absolute atomic E-state index is 0.0194. The van der Waals surface area contributed by atoms with Gasteiger partial charge in [-0.05, 0) is 27.1 Å². The molecular weight excluding hydrogens is 493 g/mol. The zero-order valence-electron chi connectivity index (χ0n) is 21.8. The van der Waals surface area contributed by atoms with Crippen molar-refractivity contribution in [3.63, 3.8) is 0 Å². The maximum Gasteiger partial charge on any atom is 0.341 e. The lowest BCUT2D eigenvalue weighted by Gasteiger charge is -2.38. The fraction of sp³-hybridized carbons (Fsp3) is 0.462. The molecule has 12 heteroatoms. The van der Waals surface area contributed by atoms with Gasteiger partial charge in [0.25, 0.3) is 0 Å². The van der Waals surface area contributed by atoms with Crippen molar-refractivity contribution >= 4 is 28.5 Å². The van der Waals surface area contributed by atoms with Crippen molar-refractivity contribution in [1.29, 1.82) is 0 Å². The Morgan fingerprint density at radius 3 is 2.61 bits per heavy atom. The maximum absolute atomic E-state index is 15.5. The van der Waals surface area contributed by atoms with E-state index in [1.807, 2.05) is 38.3 Å². The fourth-order valence-electron chi connectivity index (χ4n) is 4.97. The Morgan fingerprint density at radius 1 is 1.24 bits per heavy atom. The molecule has 1 fully saturated rings. The lowest BCUT2D eigenvalue weighted by Crippen LogP contribution is -2.46. The summed E-state index contributed by atoms with van der Waals surface area (Å²) in [7, 11) is 4.02. The van der Waals surface area contributed by atoms with Gasteiger partial charge in [-0.3, -0.25) is 9.69 Å². The van der Waals surface area contributed by atoms with Crippen molar-refractivity contribution in [3.05, 3.63) is 51.8 Å². The number of halogens is 1. The van der Waals surface area contributed by atoms with E-state index < -0.39 is 17.2 Å². The molecule has 1 aromatic carbocycles. The molecule has 0 aliphatic carbocycles. The Balaban J connectivity index is 1.32. The van der Waals surface area contributed by atoms with Crippen LogP contribution in [0.15, 0.2) is 29.5 Å². The number of hydrogen-bond acceptors (Lipinski definition) is 9. The van der Waals surface area contributed by atoms with E-state index in [0.29, 0.717) is 55.6 Å². The molecule has 202 valence electrons. The first-order chi connectivity index (χ1) is 18.2. The Morgan fingerprint density at radius 2 is 1.95 bits per heavy atom. The minimum atomic E-state index is -1.33. The Labute approximate surface area is 219 Å². The minimum Gasteiger partial charge on any atom is -0.487 e. The quantitative estimate of drug-likeness (QED) is 0.452. The lowest BCUT2D eigenvalue weighted by atomic mass is 10.1. The van der Waals surface area contributed by atoms with E-state index in [2.05, 4.69) is 25.1 Å². The fourth-order valence-corrected chi connectivity index (χ4v) is 4.97. The highest BCUT2D eigenvalue weighted by Gasteiger charge is 2.31. The molecule has 2 aliphatic rings. The van der Waals surface area contributed by atoms with Gasteiger partial charge in [-0.25, -0.2) is 19.2 Å². The highest BCUT2D eigenvalue weighted by molar-refractivity contribution is 5.97. The van der Waals surface area contributed by atoms with Crippen LogP contribution < -0.4 is 20.4 Å². The number of carbonyl (C=O) groups is 1. The highest BCUT2D eigenvalue weighted by Crippen LogP contribution is 2.42. The number of pyridine rings is 1. The highest BCUT2D eigenvalue weighted by atomic mass is 19.1. The van der Waals surface area contributed by atoms with Crippen LogP contribution >= 0.6 is 0 Å². The summed E-state index contributed by atoms with van der Waals surface area (Å²) >= 11 is 0. The van der Waals surface area contributed by atoms with Gasteiger partial charge in [0.2, 0.25) is 11.4 Å². The van der Waals surface area contributed by atoms with Crippen molar-refractivity contribution in [2.75, 3.05) is 70.2 Å². The molecule has 4 heterocycles. The second-order valence-electron chi connectivity index (χ2n) is 10.1. The average molecular weight is 526 g/mol. The molecule has 1 atom stereocenters. The lowest BCUT2D eigenvalue weighted by molar-refractivity contribution is 0.0694. The van der Waals surface area contributed by atoms with Crippen LogP contribution in [0.5, 0.6) is 5.75 Å². The second kappa shape index (κ2) is 10.5. The first-order valence-corrected chi connectivity index (χ1v) is 12.7. The SMILES string of the molecule is C[C@H]1COc2c(N3CCN(Cc4cnc(NCCN(C)C)nc4)CC3)c(F)cc3c(=O)c(C(=O)O)cn1c23. The molecule has 0 spiro atoms. The van der Waals surface area contributed by atoms with E-state index in [4.69, 9.17) is 4.74 Å². The molecule has 0 radical (unpaired) electrons. The molecule has 11 nitrogen and oxygen atoms in total. The first kappa shape index (κ1) is 25.9. The van der Waals surface area contributed by atoms with Gasteiger partial charge >= 0.3 is 5.97 Å². The molecule has 1 saturated heterocycles. The van der Waals surface area contributed by atoms with Gasteiger partial charge in [0, 0.05) is 70.0 Å². The van der Waals surface area contributed by atoms with Gasteiger partial charge in [0.05, 0.1) is 16.9 Å². The van der Waals surface area contributed by atoms with Crippen molar-refractivity contribution in [3.8, 4) is 5.75 Å². The van der Waals surface area contributed by atoms with E-state index >= 15 is 4.39 Å². The summed E-state index contributed by atoms with van der Waals surface area (Å²) in [5, 5.41) is 12.7. The predicted molar refractivity (Wildman–Crippen MR) is 142 cm³/mol. The number of likely N-dealkylation sites (N-methyl/N-ethyl adjacent to an activating group) is 1. The number of piperazine rings is 1. The van der Waals surface area contributed by atoms with Gasteiger partial charge in [0.15, 0.2) is 11.6 Å². The van der Waals surface area contributed by atoms with E-state index in [9.17, 15) is 14.7 Å². The van der Waals surface area contributed by atoms with E-state index in [-0.39, 0.29) is 23.6 Å². The zero-order chi connectivity index (χ0) is 27.0. The summed E-state index contributed by atoms with van der Waals surface area (Å²) in [5.41, 5.74) is 0.670. The molecule has 2 aromatic heterocycles. The average Bonchev–Trinajstić information content (AvgIpc) is 2.88. The molecule has 0 unspecified atom stereocenters. The van der Waals surface area contributed by atoms with E-state index in [1.54, 1.807) is 4.57 Å². The molecule has 38 heavy (non-hydrogen) atoms. The van der Waals surface area contributed by atoms with E-state index in [1.165, 1.54) is 6.20 Å². The maximum atomic E-state index is 15.5. The third-order valence-electron chi connectivity index (χ3n) is 7.01. The summed E-state index contributed by atoms with van der Waals surface area (Å²) in [6.45, 7) is 6.98. The number of benzene rings is 1. The number of nitrogens with zero attached hydrogens (tertiary/aromatic N) is 6. The smallest absolute Gasteiger partial charge is 0.341 e. The predicted octanol–water partition coefficient (Wildman–Crippen LogP) is 1.88. The zero-order valence-corrected chi connectivity index (χ0v) is 21.8. The summed E-state index contributed by atoms with van der Waals surface area (Å²) in [4.78, 5) is 39.5. The molecule has 0 saturated carbocycles. The van der Waals surface area contributed by atoms with Crippen LogP contribution in [0.4, 0.5) is 16.0 Å². The van der Waals surface area contributed by atoms with Gasteiger partial charge in [-0.2, -0.15) is 0 Å². The van der Waals surface area contributed by atoms with Crippen molar-refractivity contribution < 1.29 is 19.0 Å². The molecule has 3 aromatic rings. The third kappa shape index (κ3) is 5.01. The summed E-state index contributed by atoms with van der Waals surface area (Å²) in [5.74, 6) is -1.02. The number of carboxylic acid groups (broad SMARTS) is 1. The molecule has 2 aliphatic heterocycles. The van der Waals surface area contributed by atoms with Crippen LogP contribution in [0.2, 0.25) is 0 Å². The summed E-state index contributed by atoms with van der Waals surface area (Å²) < 4.78 is 23.2. The van der Waals surface area contributed by atoms with Gasteiger partial charge in [0.1, 0.15) is 17.9 Å². The Bertz CT molecular complexity index is 1400. The molecule has 0 amide bonds. The number of carboxylic acids is 1. The Hall–Kier alpha value is -3.77. The van der Waals surface area contributed by atoms with Crippen LogP contribution in [0, 0.1) is 5.82 Å².